The summed E-state index contributed by atoms with van der Waals surface area (Å²) in [6.45, 7) is 1.43. The molecule has 1 atom stereocenters. The van der Waals surface area contributed by atoms with Crippen LogP contribution >= 0.6 is 0 Å². The van der Waals surface area contributed by atoms with E-state index in [9.17, 15) is 4.79 Å². The minimum atomic E-state index is -0.308. The molecule has 1 fully saturated rings. The van der Waals surface area contributed by atoms with Crippen LogP contribution in [0.1, 0.15) is 12.0 Å². The molecule has 1 amide bonds. The first-order chi connectivity index (χ1) is 10.8. The lowest BCUT2D eigenvalue weighted by atomic mass is 10.2. The molecule has 1 aliphatic rings. The van der Waals surface area contributed by atoms with Crippen molar-refractivity contribution in [2.75, 3.05) is 13.1 Å². The first-order valence-corrected chi connectivity index (χ1v) is 7.19. The fraction of sp³-hybridized carbons (Fsp3) is 0.312. The maximum absolute atomic E-state index is 12.0. The quantitative estimate of drug-likeness (QED) is 0.866. The van der Waals surface area contributed by atoms with Crippen LogP contribution in [0.3, 0.4) is 0 Å². The Hall–Kier alpha value is -2.63. The molecule has 0 unspecified atom stereocenters. The molecule has 6 nitrogen and oxygen atoms in total. The van der Waals surface area contributed by atoms with Crippen LogP contribution in [-0.2, 0) is 11.3 Å². The van der Waals surface area contributed by atoms with Gasteiger partial charge < -0.3 is 14.4 Å². The van der Waals surface area contributed by atoms with Gasteiger partial charge >= 0.3 is 6.09 Å². The Kier molecular flexibility index (Phi) is 4.48. The van der Waals surface area contributed by atoms with Crippen molar-refractivity contribution in [1.29, 1.82) is 0 Å². The molecule has 2 heterocycles. The smallest absolute Gasteiger partial charge is 0.410 e. The Morgan fingerprint density at radius 3 is 2.91 bits per heavy atom. The lowest BCUT2D eigenvalue weighted by Gasteiger charge is -2.16. The third-order valence-electron chi connectivity index (χ3n) is 3.45. The molecule has 0 N–H and O–H groups in total. The van der Waals surface area contributed by atoms with Crippen LogP contribution in [0, 0.1) is 0 Å². The van der Waals surface area contributed by atoms with E-state index >= 15 is 0 Å². The van der Waals surface area contributed by atoms with E-state index in [2.05, 4.69) is 9.97 Å². The Morgan fingerprint density at radius 1 is 1.27 bits per heavy atom. The Morgan fingerprint density at radius 2 is 2.14 bits per heavy atom. The van der Waals surface area contributed by atoms with Crippen molar-refractivity contribution in [3.63, 3.8) is 0 Å². The number of rotatable bonds is 4. The minimum Gasteiger partial charge on any atom is -0.472 e. The predicted molar refractivity (Wildman–Crippen MR) is 79.3 cm³/mol. The standard InChI is InChI=1S/C16H17N3O3/c20-16(21-11-13-4-2-1-3-5-13)19-9-7-14(10-19)22-15-6-8-17-12-18-15/h1-6,8,12,14H,7,9-11H2/t14-/m0/s1. The maximum atomic E-state index is 12.0. The van der Waals surface area contributed by atoms with E-state index in [-0.39, 0.29) is 18.8 Å². The van der Waals surface area contributed by atoms with E-state index in [1.807, 2.05) is 30.3 Å². The summed E-state index contributed by atoms with van der Waals surface area (Å²) in [5, 5.41) is 0. The number of aromatic nitrogens is 2. The molecular formula is C16H17N3O3. The van der Waals surface area contributed by atoms with Crippen molar-refractivity contribution in [1.82, 2.24) is 14.9 Å². The molecule has 0 spiro atoms. The van der Waals surface area contributed by atoms with Gasteiger partial charge in [0.2, 0.25) is 5.88 Å². The van der Waals surface area contributed by atoms with Gasteiger partial charge in [0.1, 0.15) is 19.0 Å². The monoisotopic (exact) mass is 299 g/mol. The van der Waals surface area contributed by atoms with E-state index in [4.69, 9.17) is 9.47 Å². The fourth-order valence-electron chi connectivity index (χ4n) is 2.32. The topological polar surface area (TPSA) is 64.5 Å². The highest BCUT2D eigenvalue weighted by Gasteiger charge is 2.28. The highest BCUT2D eigenvalue weighted by molar-refractivity contribution is 5.68. The van der Waals surface area contributed by atoms with Crippen molar-refractivity contribution in [3.05, 3.63) is 54.5 Å². The molecule has 1 saturated heterocycles. The van der Waals surface area contributed by atoms with Gasteiger partial charge in [-0.2, -0.15) is 0 Å². The van der Waals surface area contributed by atoms with E-state index < -0.39 is 0 Å². The van der Waals surface area contributed by atoms with Crippen LogP contribution in [0.2, 0.25) is 0 Å². The minimum absolute atomic E-state index is 0.0563. The molecule has 0 radical (unpaired) electrons. The number of ether oxygens (including phenoxy) is 2. The van der Waals surface area contributed by atoms with Crippen LogP contribution in [0.5, 0.6) is 5.88 Å². The third kappa shape index (κ3) is 3.72. The average molecular weight is 299 g/mol. The molecule has 22 heavy (non-hydrogen) atoms. The number of hydrogen-bond donors (Lipinski definition) is 0. The van der Waals surface area contributed by atoms with Gasteiger partial charge in [-0.1, -0.05) is 30.3 Å². The summed E-state index contributed by atoms with van der Waals surface area (Å²) in [5.74, 6) is 0.527. The summed E-state index contributed by atoms with van der Waals surface area (Å²) < 4.78 is 11.0. The number of hydrogen-bond acceptors (Lipinski definition) is 5. The summed E-state index contributed by atoms with van der Waals surface area (Å²) in [5.41, 5.74) is 0.976. The third-order valence-corrected chi connectivity index (χ3v) is 3.45. The number of likely N-dealkylation sites (tertiary alicyclic amines) is 1. The Bertz CT molecular complexity index is 607. The number of carbonyl (C=O) groups excluding carboxylic acids is 1. The number of amides is 1. The Balaban J connectivity index is 1.46. The first kappa shape index (κ1) is 14.3. The van der Waals surface area contributed by atoms with Gasteiger partial charge in [0.15, 0.2) is 0 Å². The van der Waals surface area contributed by atoms with E-state index in [0.29, 0.717) is 19.0 Å². The molecule has 0 saturated carbocycles. The van der Waals surface area contributed by atoms with Crippen LogP contribution in [0.15, 0.2) is 48.9 Å². The van der Waals surface area contributed by atoms with E-state index in [1.54, 1.807) is 17.2 Å². The average Bonchev–Trinajstić information content (AvgIpc) is 3.03. The lowest BCUT2D eigenvalue weighted by molar-refractivity contribution is 0.0988. The molecule has 6 heteroatoms. The SMILES string of the molecule is O=C(OCc1ccccc1)N1CC[C@H](Oc2ccncn2)C1. The number of carbonyl (C=O) groups is 1. The van der Waals surface area contributed by atoms with E-state index in [1.165, 1.54) is 6.33 Å². The number of nitrogens with zero attached hydrogens (tertiary/aromatic N) is 3. The van der Waals surface area contributed by atoms with E-state index in [0.717, 1.165) is 12.0 Å². The Labute approximate surface area is 128 Å². The number of benzene rings is 1. The van der Waals surface area contributed by atoms with Gasteiger partial charge in [0.05, 0.1) is 6.54 Å². The summed E-state index contributed by atoms with van der Waals surface area (Å²) >= 11 is 0. The van der Waals surface area contributed by atoms with Crippen molar-refractivity contribution in [2.24, 2.45) is 0 Å². The van der Waals surface area contributed by atoms with Crippen LogP contribution in [0.25, 0.3) is 0 Å². The molecule has 2 aromatic rings. The molecule has 1 aromatic carbocycles. The highest BCUT2D eigenvalue weighted by Crippen LogP contribution is 2.17. The molecular weight excluding hydrogens is 282 g/mol. The second-order valence-corrected chi connectivity index (χ2v) is 5.06. The molecule has 0 aliphatic carbocycles. The normalized spacial score (nSPS) is 17.3. The first-order valence-electron chi connectivity index (χ1n) is 7.19. The largest absolute Gasteiger partial charge is 0.472 e. The summed E-state index contributed by atoms with van der Waals surface area (Å²) in [6.07, 6.45) is 3.47. The summed E-state index contributed by atoms with van der Waals surface area (Å²) in [6, 6.07) is 11.3. The predicted octanol–water partition coefficient (Wildman–Crippen LogP) is 2.27. The van der Waals surface area contributed by atoms with Gasteiger partial charge in [-0.25, -0.2) is 14.8 Å². The zero-order chi connectivity index (χ0) is 15.2. The second kappa shape index (κ2) is 6.89. The fourth-order valence-corrected chi connectivity index (χ4v) is 2.32. The summed E-state index contributed by atoms with van der Waals surface area (Å²) in [4.78, 5) is 21.6. The van der Waals surface area contributed by atoms with Crippen LogP contribution in [-0.4, -0.2) is 40.2 Å². The molecule has 1 aromatic heterocycles. The zero-order valence-electron chi connectivity index (χ0n) is 12.1. The van der Waals surface area contributed by atoms with Crippen molar-refractivity contribution < 1.29 is 14.3 Å². The van der Waals surface area contributed by atoms with Gasteiger partial charge in [-0.05, 0) is 5.56 Å². The molecule has 114 valence electrons. The van der Waals surface area contributed by atoms with Crippen LogP contribution < -0.4 is 4.74 Å². The molecule has 0 bridgehead atoms. The van der Waals surface area contributed by atoms with Crippen molar-refractivity contribution in [2.45, 2.75) is 19.1 Å². The van der Waals surface area contributed by atoms with Crippen LogP contribution in [0.4, 0.5) is 4.79 Å². The van der Waals surface area contributed by atoms with Crippen molar-refractivity contribution in [3.8, 4) is 5.88 Å². The molecule has 3 rings (SSSR count). The maximum Gasteiger partial charge on any atom is 0.410 e. The molecule has 1 aliphatic heterocycles. The highest BCUT2D eigenvalue weighted by atomic mass is 16.6. The second-order valence-electron chi connectivity index (χ2n) is 5.06. The van der Waals surface area contributed by atoms with Crippen molar-refractivity contribution >= 4 is 6.09 Å². The zero-order valence-corrected chi connectivity index (χ0v) is 12.1. The van der Waals surface area contributed by atoms with Gasteiger partial charge in [-0.3, -0.25) is 0 Å². The van der Waals surface area contributed by atoms with Gasteiger partial charge in [0.25, 0.3) is 0 Å². The van der Waals surface area contributed by atoms with Gasteiger partial charge in [0, 0.05) is 25.2 Å². The van der Waals surface area contributed by atoms with Gasteiger partial charge in [-0.15, -0.1) is 0 Å². The lowest BCUT2D eigenvalue weighted by Crippen LogP contribution is -2.31. The summed E-state index contributed by atoms with van der Waals surface area (Å²) in [7, 11) is 0.